The largest absolute Gasteiger partial charge is 0.496 e. The molecule has 5 aromatic rings. The van der Waals surface area contributed by atoms with Gasteiger partial charge in [-0.05, 0) is 35.9 Å². The van der Waals surface area contributed by atoms with Gasteiger partial charge < -0.3 is 24.2 Å². The van der Waals surface area contributed by atoms with E-state index in [1.807, 2.05) is 0 Å². The summed E-state index contributed by atoms with van der Waals surface area (Å²) in [4.78, 5) is 17.8. The summed E-state index contributed by atoms with van der Waals surface area (Å²) < 4.78 is 100. The molecule has 1 aliphatic heterocycles. The summed E-state index contributed by atoms with van der Waals surface area (Å²) >= 11 is 0. The Hall–Kier alpha value is -5.32. The molecular weight excluding hydrogens is 650 g/mol. The number of aromatic nitrogens is 5. The van der Waals surface area contributed by atoms with Crippen molar-refractivity contribution in [2.24, 2.45) is 14.1 Å². The van der Waals surface area contributed by atoms with Crippen LogP contribution in [-0.4, -0.2) is 79.0 Å². The molecule has 0 saturated carbocycles. The molecule has 0 bridgehead atoms. The zero-order valence-electron chi connectivity index (χ0n) is 25.4. The van der Waals surface area contributed by atoms with Crippen LogP contribution in [0, 0.1) is 5.82 Å². The fraction of sp³-hybridized carbons (Fsp3) is 0.290. The van der Waals surface area contributed by atoms with Crippen molar-refractivity contribution in [3.63, 3.8) is 0 Å². The molecule has 2 aromatic carbocycles. The molecule has 11 nitrogen and oxygen atoms in total. The number of amides is 1. The molecule has 0 aliphatic carbocycles. The van der Waals surface area contributed by atoms with Crippen molar-refractivity contribution in [2.45, 2.75) is 25.0 Å². The number of ether oxygens (including phenoxy) is 3. The van der Waals surface area contributed by atoms with Crippen LogP contribution in [0.2, 0.25) is 0 Å². The van der Waals surface area contributed by atoms with Gasteiger partial charge in [0.1, 0.15) is 35.2 Å². The molecule has 0 spiro atoms. The number of rotatable bonds is 9. The van der Waals surface area contributed by atoms with E-state index in [1.54, 1.807) is 43.3 Å². The first-order chi connectivity index (χ1) is 22.7. The average Bonchev–Trinajstić information content (AvgIpc) is 3.58. The van der Waals surface area contributed by atoms with Gasteiger partial charge in [0.2, 0.25) is 0 Å². The van der Waals surface area contributed by atoms with Crippen molar-refractivity contribution >= 4 is 16.8 Å². The predicted molar refractivity (Wildman–Crippen MR) is 157 cm³/mol. The summed E-state index contributed by atoms with van der Waals surface area (Å²) in [7, 11) is 4.47. The highest BCUT2D eigenvalue weighted by Crippen LogP contribution is 2.45. The number of alkyl halides is 5. The zero-order chi connectivity index (χ0) is 34.5. The molecular formula is C31H26F6N6O5. The van der Waals surface area contributed by atoms with Crippen molar-refractivity contribution in [3.8, 4) is 39.6 Å². The van der Waals surface area contributed by atoms with Crippen molar-refractivity contribution in [1.82, 2.24) is 29.4 Å². The number of β-amino-alcohol motifs (C(OH)–C–C–N with tert-alkyl or cyclic N) is 1. The first kappa shape index (κ1) is 32.6. The Morgan fingerprint density at radius 2 is 1.71 bits per heavy atom. The van der Waals surface area contributed by atoms with Crippen molar-refractivity contribution in [3.05, 3.63) is 72.1 Å². The third kappa shape index (κ3) is 5.96. The van der Waals surface area contributed by atoms with Gasteiger partial charge in [-0.15, -0.1) is 0 Å². The molecule has 4 heterocycles. The van der Waals surface area contributed by atoms with Crippen LogP contribution in [0.5, 0.6) is 17.2 Å². The quantitative estimate of drug-likeness (QED) is 0.214. The number of fused-ring (bicyclic) bond motifs is 1. The third-order valence-electron chi connectivity index (χ3n) is 7.80. The van der Waals surface area contributed by atoms with Crippen LogP contribution in [0.15, 0.2) is 55.1 Å². The standard InChI is InChI=1S/C31H26F6N6O5/c1-41-12-19(10-39-41)17-5-21-25(23(6-17)47-13-16-4-20(32)11-38-9-16)27(42(2)40-21)18-7-22(46-3)26(24(8-18)48-29(33)34)28(44)43-14-30(45,15-43)31(35,36)37/h4-12,29,45H,13-15H2,1-3H3. The van der Waals surface area contributed by atoms with Crippen LogP contribution in [0.1, 0.15) is 15.9 Å². The highest BCUT2D eigenvalue weighted by Gasteiger charge is 2.62. The fourth-order valence-electron chi connectivity index (χ4n) is 5.52. The van der Waals surface area contributed by atoms with Gasteiger partial charge in [0.05, 0.1) is 49.2 Å². The number of methoxy groups -OCH3 is 1. The van der Waals surface area contributed by atoms with Gasteiger partial charge >= 0.3 is 12.8 Å². The average molecular weight is 677 g/mol. The van der Waals surface area contributed by atoms with Crippen LogP contribution >= 0.6 is 0 Å². The number of benzene rings is 2. The zero-order valence-corrected chi connectivity index (χ0v) is 25.4. The van der Waals surface area contributed by atoms with Gasteiger partial charge in [0.15, 0.2) is 5.60 Å². The van der Waals surface area contributed by atoms with E-state index in [2.05, 4.69) is 15.2 Å². The number of aryl methyl sites for hydroxylation is 2. The van der Waals surface area contributed by atoms with Crippen LogP contribution < -0.4 is 14.2 Å². The number of pyridine rings is 1. The van der Waals surface area contributed by atoms with E-state index < -0.39 is 54.5 Å². The Morgan fingerprint density at radius 3 is 2.33 bits per heavy atom. The maximum Gasteiger partial charge on any atom is 0.420 e. The summed E-state index contributed by atoms with van der Waals surface area (Å²) in [6.07, 6.45) is 0.865. The number of halogens is 6. The third-order valence-corrected chi connectivity index (χ3v) is 7.80. The molecule has 0 atom stereocenters. The topological polar surface area (TPSA) is 117 Å². The van der Waals surface area contributed by atoms with Gasteiger partial charge in [0, 0.05) is 43.2 Å². The lowest BCUT2D eigenvalue weighted by molar-refractivity contribution is -0.294. The van der Waals surface area contributed by atoms with E-state index in [9.17, 15) is 36.2 Å². The molecule has 1 N–H and O–H groups in total. The number of carbonyl (C=O) groups excluding carboxylic acids is 1. The molecule has 6 rings (SSSR count). The minimum absolute atomic E-state index is 0.110. The lowest BCUT2D eigenvalue weighted by atomic mass is 9.92. The Balaban J connectivity index is 1.48. The second kappa shape index (κ2) is 12.0. The smallest absolute Gasteiger partial charge is 0.420 e. The maximum atomic E-state index is 13.9. The van der Waals surface area contributed by atoms with Crippen LogP contribution in [0.3, 0.4) is 0 Å². The fourth-order valence-corrected chi connectivity index (χ4v) is 5.52. The van der Waals surface area contributed by atoms with Gasteiger partial charge in [-0.1, -0.05) is 0 Å². The van der Waals surface area contributed by atoms with E-state index in [0.717, 1.165) is 24.9 Å². The van der Waals surface area contributed by atoms with Crippen LogP contribution in [0.25, 0.3) is 33.3 Å². The Bertz CT molecular complexity index is 2020. The first-order valence-electron chi connectivity index (χ1n) is 14.1. The molecule has 0 unspecified atom stereocenters. The maximum absolute atomic E-state index is 13.9. The van der Waals surface area contributed by atoms with Crippen LogP contribution in [-0.2, 0) is 20.7 Å². The molecule has 3 aromatic heterocycles. The summed E-state index contributed by atoms with van der Waals surface area (Å²) in [6, 6.07) is 7.15. The number of hydrogen-bond acceptors (Lipinski definition) is 8. The molecule has 252 valence electrons. The molecule has 1 aliphatic rings. The molecule has 17 heteroatoms. The number of carbonyl (C=O) groups is 1. The van der Waals surface area contributed by atoms with Gasteiger partial charge in [0.25, 0.3) is 5.91 Å². The Labute approximate surface area is 267 Å². The van der Waals surface area contributed by atoms with E-state index in [0.29, 0.717) is 32.6 Å². The van der Waals surface area contributed by atoms with Crippen molar-refractivity contribution < 1.29 is 50.5 Å². The summed E-state index contributed by atoms with van der Waals surface area (Å²) in [5.74, 6) is -2.39. The minimum atomic E-state index is -5.01. The highest BCUT2D eigenvalue weighted by molar-refractivity contribution is 6.04. The summed E-state index contributed by atoms with van der Waals surface area (Å²) in [6.45, 7) is -5.76. The first-order valence-corrected chi connectivity index (χ1v) is 14.1. The number of nitrogens with zero attached hydrogens (tertiary/aromatic N) is 6. The summed E-state index contributed by atoms with van der Waals surface area (Å²) in [5, 5.41) is 19.1. The molecule has 0 radical (unpaired) electrons. The predicted octanol–water partition coefficient (Wildman–Crippen LogP) is 5.11. The highest BCUT2D eigenvalue weighted by atomic mass is 19.4. The second-order valence-electron chi connectivity index (χ2n) is 11.2. The van der Waals surface area contributed by atoms with Gasteiger partial charge in [-0.2, -0.15) is 32.1 Å². The van der Waals surface area contributed by atoms with Gasteiger partial charge in [-0.25, -0.2) is 4.39 Å². The normalized spacial score (nSPS) is 14.4. The monoisotopic (exact) mass is 676 g/mol. The summed E-state index contributed by atoms with van der Waals surface area (Å²) in [5.41, 5.74) is -1.01. The van der Waals surface area contributed by atoms with Crippen molar-refractivity contribution in [2.75, 3.05) is 20.2 Å². The number of aliphatic hydroxyl groups is 1. The molecule has 1 saturated heterocycles. The minimum Gasteiger partial charge on any atom is -0.496 e. The second-order valence-corrected chi connectivity index (χ2v) is 11.2. The Kier molecular flexibility index (Phi) is 8.18. The van der Waals surface area contributed by atoms with Crippen LogP contribution in [0.4, 0.5) is 26.3 Å². The lowest BCUT2D eigenvalue weighted by Gasteiger charge is -2.47. The lowest BCUT2D eigenvalue weighted by Crippen LogP contribution is -2.70. The molecule has 1 fully saturated rings. The Morgan fingerprint density at radius 1 is 1.00 bits per heavy atom. The van der Waals surface area contributed by atoms with E-state index in [1.165, 1.54) is 23.0 Å². The number of likely N-dealkylation sites (tertiary alicyclic amines) is 1. The van der Waals surface area contributed by atoms with Gasteiger partial charge in [-0.3, -0.25) is 19.1 Å². The molecule has 48 heavy (non-hydrogen) atoms. The van der Waals surface area contributed by atoms with Crippen molar-refractivity contribution in [1.29, 1.82) is 0 Å². The van der Waals surface area contributed by atoms with E-state index >= 15 is 0 Å². The number of hydrogen-bond donors (Lipinski definition) is 1. The van der Waals surface area contributed by atoms with E-state index in [4.69, 9.17) is 14.2 Å². The molecule has 1 amide bonds. The SMILES string of the molecule is COc1cc(-c2c3c(OCc4cncc(F)c4)cc(-c4cnn(C)c4)cc3nn2C)cc(OC(F)F)c1C(=O)N1CC(O)(C(F)(F)F)C1. The van der Waals surface area contributed by atoms with E-state index in [-0.39, 0.29) is 23.7 Å².